The summed E-state index contributed by atoms with van der Waals surface area (Å²) in [5.74, 6) is 1.55. The van der Waals surface area contributed by atoms with Crippen molar-refractivity contribution in [2.45, 2.75) is 51.0 Å². The maximum absolute atomic E-state index is 12.7. The van der Waals surface area contributed by atoms with Crippen LogP contribution in [0.4, 0.5) is 0 Å². The number of aryl methyl sites for hydroxylation is 1. The highest BCUT2D eigenvalue weighted by molar-refractivity contribution is 5.99. The summed E-state index contributed by atoms with van der Waals surface area (Å²) in [5, 5.41) is 0. The molecule has 0 saturated carbocycles. The van der Waals surface area contributed by atoms with Crippen LogP contribution in [0.5, 0.6) is 5.75 Å². The molecule has 6 heteroatoms. The number of aromatic amines is 1. The minimum Gasteiger partial charge on any atom is -0.485 e. The lowest BCUT2D eigenvalue weighted by Gasteiger charge is -2.25. The average molecular weight is 494 g/mol. The van der Waals surface area contributed by atoms with Crippen LogP contribution >= 0.6 is 0 Å². The summed E-state index contributed by atoms with van der Waals surface area (Å²) in [7, 11) is 0. The number of hydrogen-bond donors (Lipinski definition) is 2. The minimum atomic E-state index is -0.336. The van der Waals surface area contributed by atoms with Gasteiger partial charge in [-0.05, 0) is 65.6 Å². The zero-order chi connectivity index (χ0) is 25.6. The predicted molar refractivity (Wildman–Crippen MR) is 143 cm³/mol. The van der Waals surface area contributed by atoms with Gasteiger partial charge in [0.1, 0.15) is 17.7 Å². The Morgan fingerprint density at radius 1 is 0.973 bits per heavy atom. The third kappa shape index (κ3) is 5.97. The number of H-pyrrole nitrogens is 1. The van der Waals surface area contributed by atoms with Crippen LogP contribution in [0, 0.1) is 0 Å². The second kappa shape index (κ2) is 11.2. The summed E-state index contributed by atoms with van der Waals surface area (Å²) < 4.78 is 6.73. The van der Waals surface area contributed by atoms with Crippen molar-refractivity contribution in [1.29, 1.82) is 0 Å². The van der Waals surface area contributed by atoms with Crippen molar-refractivity contribution >= 4 is 11.7 Å². The predicted octanol–water partition coefficient (Wildman–Crippen LogP) is 5.10. The number of nitrogens with two attached hydrogens (primary N) is 1. The van der Waals surface area contributed by atoms with Gasteiger partial charge >= 0.3 is 0 Å². The van der Waals surface area contributed by atoms with E-state index < -0.39 is 0 Å². The van der Waals surface area contributed by atoms with Gasteiger partial charge in [-0.2, -0.15) is 0 Å². The van der Waals surface area contributed by atoms with Crippen molar-refractivity contribution in [2.75, 3.05) is 0 Å². The average Bonchev–Trinajstić information content (AvgIpc) is 3.42. The molecule has 6 nitrogen and oxygen atoms in total. The van der Waals surface area contributed by atoms with E-state index in [-0.39, 0.29) is 24.2 Å². The molecule has 4 aromatic rings. The van der Waals surface area contributed by atoms with Crippen LogP contribution in [-0.4, -0.2) is 21.7 Å². The molecule has 0 saturated heterocycles. The highest BCUT2D eigenvalue weighted by atomic mass is 16.5. The van der Waals surface area contributed by atoms with Crippen LogP contribution in [0.3, 0.4) is 0 Å². The molecule has 37 heavy (non-hydrogen) atoms. The van der Waals surface area contributed by atoms with Gasteiger partial charge in [0.2, 0.25) is 5.91 Å². The number of benzene rings is 3. The Labute approximate surface area is 216 Å². The minimum absolute atomic E-state index is 0.208. The molecule has 0 unspecified atom stereocenters. The van der Waals surface area contributed by atoms with Gasteiger partial charge in [0, 0.05) is 30.8 Å². The van der Waals surface area contributed by atoms with E-state index >= 15 is 0 Å². The van der Waals surface area contributed by atoms with Crippen molar-refractivity contribution in [1.82, 2.24) is 9.97 Å². The zero-order valence-corrected chi connectivity index (χ0v) is 20.8. The molecule has 1 aliphatic rings. The van der Waals surface area contributed by atoms with Crippen molar-refractivity contribution in [3.63, 3.8) is 0 Å². The molecule has 0 spiro atoms. The smallest absolute Gasteiger partial charge is 0.221 e. The molecular weight excluding hydrogens is 462 g/mol. The van der Waals surface area contributed by atoms with Gasteiger partial charge < -0.3 is 15.5 Å². The molecule has 0 radical (unpaired) electrons. The lowest BCUT2D eigenvalue weighted by molar-refractivity contribution is -0.117. The largest absolute Gasteiger partial charge is 0.485 e. The number of Topliss-reactive ketones (excluding diaryl/α,β-unsaturated/α-hetero) is 1. The van der Waals surface area contributed by atoms with Crippen molar-refractivity contribution in [3.05, 3.63) is 118 Å². The number of ketones is 1. The lowest BCUT2D eigenvalue weighted by atomic mass is 9.85. The number of aromatic nitrogens is 2. The number of amides is 1. The maximum atomic E-state index is 12.7. The molecule has 0 bridgehead atoms. The summed E-state index contributed by atoms with van der Waals surface area (Å²) in [5.41, 5.74) is 11.5. The Morgan fingerprint density at radius 3 is 2.49 bits per heavy atom. The first kappa shape index (κ1) is 24.5. The number of imidazole rings is 1. The summed E-state index contributed by atoms with van der Waals surface area (Å²) in [6.07, 6.45) is 8.07. The molecular formula is C31H31N3O3. The fourth-order valence-corrected chi connectivity index (χ4v) is 5.09. The van der Waals surface area contributed by atoms with Crippen LogP contribution in [-0.2, 0) is 36.9 Å². The number of hydrogen-bond acceptors (Lipinski definition) is 4. The van der Waals surface area contributed by atoms with Gasteiger partial charge in [-0.25, -0.2) is 4.98 Å². The van der Waals surface area contributed by atoms with E-state index in [1.165, 1.54) is 0 Å². The fraction of sp³-hybridized carbons (Fsp3) is 0.258. The number of nitrogens with one attached hydrogen (secondary N) is 1. The van der Waals surface area contributed by atoms with Gasteiger partial charge in [-0.1, -0.05) is 54.6 Å². The van der Waals surface area contributed by atoms with Crippen LogP contribution in [0.1, 0.15) is 62.9 Å². The van der Waals surface area contributed by atoms with Crippen LogP contribution in [0.25, 0.3) is 0 Å². The quantitative estimate of drug-likeness (QED) is 0.321. The summed E-state index contributed by atoms with van der Waals surface area (Å²) in [6.45, 7) is 0. The highest BCUT2D eigenvalue weighted by Gasteiger charge is 2.24. The van der Waals surface area contributed by atoms with Gasteiger partial charge in [0.25, 0.3) is 0 Å². The Balaban J connectivity index is 1.45. The molecule has 1 amide bonds. The number of ether oxygens (including phenoxy) is 1. The third-order valence-electron chi connectivity index (χ3n) is 6.96. The van der Waals surface area contributed by atoms with E-state index in [9.17, 15) is 9.59 Å². The highest BCUT2D eigenvalue weighted by Crippen LogP contribution is 2.35. The molecule has 3 N–H and O–H groups in total. The monoisotopic (exact) mass is 493 g/mol. The van der Waals surface area contributed by atoms with E-state index in [0.717, 1.165) is 70.6 Å². The number of carbonyl (C=O) groups excluding carboxylic acids is 2. The Hall–Kier alpha value is -4.19. The summed E-state index contributed by atoms with van der Waals surface area (Å²) in [4.78, 5) is 31.6. The van der Waals surface area contributed by atoms with Gasteiger partial charge in [-0.15, -0.1) is 0 Å². The van der Waals surface area contributed by atoms with Gasteiger partial charge in [-0.3, -0.25) is 9.59 Å². The molecule has 0 aliphatic heterocycles. The fourth-order valence-electron chi connectivity index (χ4n) is 5.09. The normalized spacial score (nSPS) is 13.7. The van der Waals surface area contributed by atoms with Gasteiger partial charge in [0.05, 0.1) is 6.42 Å². The van der Waals surface area contributed by atoms with E-state index in [1.807, 2.05) is 60.8 Å². The molecule has 1 atom stereocenters. The number of nitrogens with zero attached hydrogens (tertiary/aromatic N) is 1. The molecule has 188 valence electrons. The molecule has 1 aromatic heterocycles. The molecule has 3 aromatic carbocycles. The van der Waals surface area contributed by atoms with Crippen LogP contribution in [0.2, 0.25) is 0 Å². The summed E-state index contributed by atoms with van der Waals surface area (Å²) >= 11 is 0. The summed E-state index contributed by atoms with van der Waals surface area (Å²) in [6, 6.07) is 22.1. The Morgan fingerprint density at radius 2 is 1.76 bits per heavy atom. The van der Waals surface area contributed by atoms with Gasteiger partial charge in [0.15, 0.2) is 5.78 Å². The standard InChI is InChI=1S/C31H31N3O3/c32-30(36)19-22-11-9-21(10-12-22)13-14-26-24-7-4-8-27(35)25(24)15-16-28(26)37-29(20-31-33-17-18-34-31)23-5-2-1-3-6-23/h1-3,5-6,9-12,15-18,29H,4,7-8,13-14,19-20H2,(H2,32,36)(H,33,34)/t29-/m0/s1. The number of fused-ring (bicyclic) bond motifs is 1. The van der Waals surface area contributed by atoms with Crippen LogP contribution in [0.15, 0.2) is 79.1 Å². The molecule has 1 heterocycles. The first-order valence-corrected chi connectivity index (χ1v) is 12.8. The van der Waals surface area contributed by atoms with Crippen LogP contribution < -0.4 is 10.5 Å². The lowest BCUT2D eigenvalue weighted by Crippen LogP contribution is -2.17. The first-order chi connectivity index (χ1) is 18.1. The van der Waals surface area contributed by atoms with E-state index in [4.69, 9.17) is 10.5 Å². The number of rotatable bonds is 10. The third-order valence-corrected chi connectivity index (χ3v) is 6.96. The SMILES string of the molecule is NC(=O)Cc1ccc(CCc2c(O[C@@H](Cc3ncc[nH]3)c3ccccc3)ccc3c2CCCC3=O)cc1. The maximum Gasteiger partial charge on any atom is 0.221 e. The number of carbonyl (C=O) groups is 2. The van der Waals surface area contributed by atoms with Crippen molar-refractivity contribution < 1.29 is 14.3 Å². The topological polar surface area (TPSA) is 98.1 Å². The second-order valence-corrected chi connectivity index (χ2v) is 9.56. The second-order valence-electron chi connectivity index (χ2n) is 9.56. The van der Waals surface area contributed by atoms with Crippen molar-refractivity contribution in [3.8, 4) is 5.75 Å². The first-order valence-electron chi connectivity index (χ1n) is 12.8. The zero-order valence-electron chi connectivity index (χ0n) is 20.8. The Bertz CT molecular complexity index is 1360. The molecule has 5 rings (SSSR count). The van der Waals surface area contributed by atoms with E-state index in [2.05, 4.69) is 22.1 Å². The van der Waals surface area contributed by atoms with Crippen molar-refractivity contribution in [2.24, 2.45) is 5.73 Å². The van der Waals surface area contributed by atoms with E-state index in [1.54, 1.807) is 6.20 Å². The number of primary amides is 1. The Kier molecular flexibility index (Phi) is 7.45. The molecule has 1 aliphatic carbocycles. The van der Waals surface area contributed by atoms with E-state index in [0.29, 0.717) is 12.8 Å². The molecule has 0 fully saturated rings.